The zero-order chi connectivity index (χ0) is 27.7. The molecule has 1 saturated carbocycles. The number of nitrogens with one attached hydrogen (secondary N) is 1. The van der Waals surface area contributed by atoms with Gasteiger partial charge in [-0.3, -0.25) is 4.72 Å². The van der Waals surface area contributed by atoms with E-state index in [-0.39, 0.29) is 40.6 Å². The van der Waals surface area contributed by atoms with E-state index in [1.165, 1.54) is 39.3 Å². The van der Waals surface area contributed by atoms with E-state index >= 15 is 0 Å². The van der Waals surface area contributed by atoms with E-state index in [0.29, 0.717) is 11.6 Å². The minimum Gasteiger partial charge on any atom is -0.481 e. The fraction of sp³-hybridized carbons (Fsp3) is 0.542. The number of sulfonamides is 1. The summed E-state index contributed by atoms with van der Waals surface area (Å²) in [5, 5.41) is 7.53. The van der Waals surface area contributed by atoms with Crippen molar-refractivity contribution in [2.75, 3.05) is 33.2 Å². The fourth-order valence-corrected chi connectivity index (χ4v) is 6.23. The number of ether oxygens (including phenoxy) is 4. The molecule has 1 aliphatic rings. The van der Waals surface area contributed by atoms with Gasteiger partial charge in [0, 0.05) is 13.2 Å². The lowest BCUT2D eigenvalue weighted by Crippen LogP contribution is -2.48. The molecule has 4 rings (SSSR count). The molecule has 3 aromatic rings. The van der Waals surface area contributed by atoms with Gasteiger partial charge >= 0.3 is 0 Å². The number of aromatic nitrogens is 6. The van der Waals surface area contributed by atoms with E-state index in [0.717, 1.165) is 12.8 Å². The maximum Gasteiger partial charge on any atom is 0.245 e. The third-order valence-electron chi connectivity index (χ3n) is 6.74. The van der Waals surface area contributed by atoms with E-state index in [4.69, 9.17) is 18.9 Å². The fourth-order valence-electron chi connectivity index (χ4n) is 4.97. The smallest absolute Gasteiger partial charge is 0.245 e. The van der Waals surface area contributed by atoms with Crippen LogP contribution >= 0.6 is 0 Å². The van der Waals surface area contributed by atoms with Crippen molar-refractivity contribution in [2.45, 2.75) is 45.0 Å². The van der Waals surface area contributed by atoms with Crippen LogP contribution in [0.1, 0.15) is 33.6 Å². The molecular weight excluding hydrogens is 514 g/mol. The van der Waals surface area contributed by atoms with Crippen LogP contribution in [-0.2, 0) is 14.8 Å². The standard InChI is InChI=1S/C24H33N7O6S/c1-14(19(35-5)15-11-24(2,3)12-15)38(32,33)30-23-29-28-20(16-9-8-10-17(27-16)34-4)31(23)18-21(36-6)25-13-26-22(18)37-7/h8-10,13-15,19H,11-12H2,1-7H3,(H,29,30)/t14-,19+/m1/s1. The first-order valence-corrected chi connectivity index (χ1v) is 13.5. The van der Waals surface area contributed by atoms with Gasteiger partial charge in [0.05, 0.1) is 27.4 Å². The summed E-state index contributed by atoms with van der Waals surface area (Å²) >= 11 is 0. The molecule has 3 heterocycles. The topological polar surface area (TPSA) is 152 Å². The molecule has 14 heteroatoms. The van der Waals surface area contributed by atoms with Gasteiger partial charge in [-0.25, -0.2) is 18.0 Å². The summed E-state index contributed by atoms with van der Waals surface area (Å²) in [5.74, 6) is 0.749. The number of pyridine rings is 1. The van der Waals surface area contributed by atoms with Crippen LogP contribution in [0.5, 0.6) is 17.6 Å². The van der Waals surface area contributed by atoms with E-state index < -0.39 is 21.4 Å². The van der Waals surface area contributed by atoms with Crippen LogP contribution < -0.4 is 18.9 Å². The second kappa shape index (κ2) is 10.7. The third kappa shape index (κ3) is 5.23. The van der Waals surface area contributed by atoms with Crippen LogP contribution in [-0.4, -0.2) is 77.9 Å². The van der Waals surface area contributed by atoms with Gasteiger partial charge in [-0.15, -0.1) is 10.2 Å². The molecule has 1 fully saturated rings. The molecule has 0 radical (unpaired) electrons. The van der Waals surface area contributed by atoms with Crippen molar-refractivity contribution in [2.24, 2.45) is 11.3 Å². The Morgan fingerprint density at radius 3 is 2.24 bits per heavy atom. The maximum absolute atomic E-state index is 13.6. The van der Waals surface area contributed by atoms with Crippen molar-refractivity contribution in [1.82, 2.24) is 29.7 Å². The lowest BCUT2D eigenvalue weighted by molar-refractivity contribution is -0.0367. The molecule has 1 aliphatic carbocycles. The van der Waals surface area contributed by atoms with E-state index in [1.54, 1.807) is 25.1 Å². The normalized spacial score (nSPS) is 16.8. The molecule has 0 aromatic carbocycles. The highest BCUT2D eigenvalue weighted by Gasteiger charge is 2.45. The zero-order valence-electron chi connectivity index (χ0n) is 22.5. The van der Waals surface area contributed by atoms with Crippen LogP contribution in [0.25, 0.3) is 17.2 Å². The lowest BCUT2D eigenvalue weighted by Gasteiger charge is -2.47. The van der Waals surface area contributed by atoms with Gasteiger partial charge in [-0.05, 0) is 37.2 Å². The Morgan fingerprint density at radius 1 is 1.03 bits per heavy atom. The monoisotopic (exact) mass is 547 g/mol. The van der Waals surface area contributed by atoms with Gasteiger partial charge in [0.2, 0.25) is 33.6 Å². The van der Waals surface area contributed by atoms with Crippen molar-refractivity contribution in [3.05, 3.63) is 24.5 Å². The highest BCUT2D eigenvalue weighted by molar-refractivity contribution is 7.93. The highest BCUT2D eigenvalue weighted by Crippen LogP contribution is 2.48. The predicted octanol–water partition coefficient (Wildman–Crippen LogP) is 2.73. The molecule has 3 aromatic heterocycles. The summed E-state index contributed by atoms with van der Waals surface area (Å²) in [4.78, 5) is 12.8. The molecule has 13 nitrogen and oxygen atoms in total. The van der Waals surface area contributed by atoms with Gasteiger partial charge in [0.1, 0.15) is 17.3 Å². The molecule has 0 saturated heterocycles. The van der Waals surface area contributed by atoms with Crippen LogP contribution in [0.15, 0.2) is 24.5 Å². The SMILES string of the molecule is COc1cccc(-c2nnc(NS(=O)(=O)[C@H](C)[C@H](OC)C3CC(C)(C)C3)n2-c2c(OC)ncnc2OC)n1. The maximum atomic E-state index is 13.6. The molecule has 2 atom stereocenters. The summed E-state index contributed by atoms with van der Waals surface area (Å²) < 4.78 is 53.1. The molecule has 0 aliphatic heterocycles. The van der Waals surface area contributed by atoms with Crippen LogP contribution in [0.2, 0.25) is 0 Å². The Labute approximate surface area is 222 Å². The summed E-state index contributed by atoms with van der Waals surface area (Å²) in [6.45, 7) is 5.94. The molecule has 1 N–H and O–H groups in total. The molecule has 0 unspecified atom stereocenters. The number of anilines is 1. The lowest BCUT2D eigenvalue weighted by atomic mass is 9.62. The van der Waals surface area contributed by atoms with Gasteiger partial charge in [0.25, 0.3) is 0 Å². The van der Waals surface area contributed by atoms with Crippen molar-refractivity contribution >= 4 is 16.0 Å². The Bertz CT molecular complexity index is 1360. The van der Waals surface area contributed by atoms with Crippen molar-refractivity contribution < 1.29 is 27.4 Å². The van der Waals surface area contributed by atoms with Gasteiger partial charge in [-0.1, -0.05) is 19.9 Å². The second-order valence-corrected chi connectivity index (χ2v) is 11.9. The molecule has 0 amide bonds. The van der Waals surface area contributed by atoms with Crippen molar-refractivity contribution in [3.8, 4) is 34.8 Å². The molecule has 0 bridgehead atoms. The molecular formula is C24H33N7O6S. The van der Waals surface area contributed by atoms with Gasteiger partial charge in [0.15, 0.2) is 11.5 Å². The first kappa shape index (κ1) is 27.5. The second-order valence-electron chi connectivity index (χ2n) is 9.87. The number of rotatable bonds is 11. The first-order valence-electron chi connectivity index (χ1n) is 12.0. The average Bonchev–Trinajstić information content (AvgIpc) is 3.29. The average molecular weight is 548 g/mol. The number of hydrogen-bond acceptors (Lipinski definition) is 11. The summed E-state index contributed by atoms with van der Waals surface area (Å²) in [6.07, 6.45) is 2.52. The molecule has 0 spiro atoms. The van der Waals surface area contributed by atoms with E-state index in [2.05, 4.69) is 43.7 Å². The Kier molecular flexibility index (Phi) is 7.74. The summed E-state index contributed by atoms with van der Waals surface area (Å²) in [6, 6.07) is 5.09. The van der Waals surface area contributed by atoms with Crippen molar-refractivity contribution in [1.29, 1.82) is 0 Å². The summed E-state index contributed by atoms with van der Waals surface area (Å²) in [5.41, 5.74) is 0.712. The van der Waals surface area contributed by atoms with Crippen LogP contribution in [0.3, 0.4) is 0 Å². The predicted molar refractivity (Wildman–Crippen MR) is 139 cm³/mol. The minimum absolute atomic E-state index is 0.112. The largest absolute Gasteiger partial charge is 0.481 e. The Hall–Kier alpha value is -3.52. The Balaban J connectivity index is 1.81. The van der Waals surface area contributed by atoms with Crippen LogP contribution in [0, 0.1) is 11.3 Å². The van der Waals surface area contributed by atoms with Crippen LogP contribution in [0.4, 0.5) is 5.95 Å². The van der Waals surface area contributed by atoms with E-state index in [9.17, 15) is 8.42 Å². The Morgan fingerprint density at radius 2 is 1.68 bits per heavy atom. The van der Waals surface area contributed by atoms with Gasteiger partial charge in [-0.2, -0.15) is 9.97 Å². The number of methoxy groups -OCH3 is 4. The molecule has 206 valence electrons. The van der Waals surface area contributed by atoms with E-state index in [1.807, 2.05) is 0 Å². The first-order chi connectivity index (χ1) is 18.0. The van der Waals surface area contributed by atoms with Gasteiger partial charge < -0.3 is 18.9 Å². The quantitative estimate of drug-likeness (QED) is 0.377. The number of hydrogen-bond donors (Lipinski definition) is 1. The highest BCUT2D eigenvalue weighted by atomic mass is 32.2. The zero-order valence-corrected chi connectivity index (χ0v) is 23.3. The third-order valence-corrected chi connectivity index (χ3v) is 8.46. The summed E-state index contributed by atoms with van der Waals surface area (Å²) in [7, 11) is 1.88. The molecule has 38 heavy (non-hydrogen) atoms. The van der Waals surface area contributed by atoms with Crippen molar-refractivity contribution in [3.63, 3.8) is 0 Å². The number of nitrogens with zero attached hydrogens (tertiary/aromatic N) is 6. The minimum atomic E-state index is -4.00.